The van der Waals surface area contributed by atoms with Gasteiger partial charge in [-0.05, 0) is 13.0 Å². The predicted octanol–water partition coefficient (Wildman–Crippen LogP) is 2.86. The normalized spacial score (nSPS) is 11.2. The number of benzene rings is 1. The molecule has 0 aliphatic heterocycles. The summed E-state index contributed by atoms with van der Waals surface area (Å²) < 4.78 is 16.1. The first-order valence-electron chi connectivity index (χ1n) is 5.19. The summed E-state index contributed by atoms with van der Waals surface area (Å²) in [4.78, 5) is 12.0. The number of furan rings is 1. The van der Waals surface area contributed by atoms with Crippen LogP contribution < -0.4 is 10.2 Å². The Hall–Kier alpha value is -2.23. The maximum Gasteiger partial charge on any atom is 0.196 e. The van der Waals surface area contributed by atoms with Crippen molar-refractivity contribution in [2.45, 2.75) is 6.92 Å². The highest BCUT2D eigenvalue weighted by molar-refractivity contribution is 6.05. The SMILES string of the molecule is COc1cc2oc(C)cc(=O)c2c2occc12. The van der Waals surface area contributed by atoms with Gasteiger partial charge < -0.3 is 13.6 Å². The van der Waals surface area contributed by atoms with E-state index >= 15 is 0 Å². The van der Waals surface area contributed by atoms with Crippen LogP contribution in [-0.4, -0.2) is 7.11 Å². The van der Waals surface area contributed by atoms with E-state index in [2.05, 4.69) is 0 Å². The lowest BCUT2D eigenvalue weighted by Crippen LogP contribution is -2.01. The molecule has 3 rings (SSSR count). The monoisotopic (exact) mass is 230 g/mol. The number of aryl methyl sites for hydroxylation is 1. The third kappa shape index (κ3) is 1.34. The highest BCUT2D eigenvalue weighted by atomic mass is 16.5. The topological polar surface area (TPSA) is 52.6 Å². The highest BCUT2D eigenvalue weighted by Crippen LogP contribution is 2.32. The van der Waals surface area contributed by atoms with Crippen molar-refractivity contribution < 1.29 is 13.6 Å². The van der Waals surface area contributed by atoms with Gasteiger partial charge in [-0.2, -0.15) is 0 Å². The molecule has 86 valence electrons. The first-order chi connectivity index (χ1) is 8.20. The second-order valence-electron chi connectivity index (χ2n) is 3.84. The van der Waals surface area contributed by atoms with E-state index < -0.39 is 0 Å². The van der Waals surface area contributed by atoms with Gasteiger partial charge in [0.05, 0.1) is 18.8 Å². The van der Waals surface area contributed by atoms with Gasteiger partial charge >= 0.3 is 0 Å². The molecule has 0 unspecified atom stereocenters. The molecule has 0 saturated heterocycles. The van der Waals surface area contributed by atoms with Gasteiger partial charge in [-0.15, -0.1) is 0 Å². The maximum absolute atomic E-state index is 12.0. The van der Waals surface area contributed by atoms with Crippen LogP contribution in [-0.2, 0) is 0 Å². The minimum absolute atomic E-state index is 0.105. The molecule has 0 fully saturated rings. The molecule has 0 N–H and O–H groups in total. The summed E-state index contributed by atoms with van der Waals surface area (Å²) in [5.74, 6) is 1.20. The largest absolute Gasteiger partial charge is 0.496 e. The third-order valence-corrected chi connectivity index (χ3v) is 2.74. The molecule has 2 aromatic heterocycles. The van der Waals surface area contributed by atoms with Gasteiger partial charge in [-0.25, -0.2) is 0 Å². The van der Waals surface area contributed by atoms with Crippen LogP contribution in [0.25, 0.3) is 21.9 Å². The molecule has 0 amide bonds. The zero-order valence-electron chi connectivity index (χ0n) is 9.44. The van der Waals surface area contributed by atoms with Crippen molar-refractivity contribution in [3.8, 4) is 5.75 Å². The van der Waals surface area contributed by atoms with Crippen LogP contribution in [0.2, 0.25) is 0 Å². The van der Waals surface area contributed by atoms with E-state index in [1.54, 1.807) is 26.2 Å². The molecular formula is C13H10O4. The number of ether oxygens (including phenoxy) is 1. The fourth-order valence-electron chi connectivity index (χ4n) is 2.02. The zero-order valence-corrected chi connectivity index (χ0v) is 9.44. The van der Waals surface area contributed by atoms with Crippen LogP contribution in [0, 0.1) is 6.92 Å². The molecule has 4 nitrogen and oxygen atoms in total. The average Bonchev–Trinajstić information content (AvgIpc) is 2.75. The number of methoxy groups -OCH3 is 1. The molecule has 0 atom stereocenters. The zero-order chi connectivity index (χ0) is 12.0. The van der Waals surface area contributed by atoms with E-state index in [1.807, 2.05) is 0 Å². The van der Waals surface area contributed by atoms with Crippen molar-refractivity contribution >= 4 is 21.9 Å². The van der Waals surface area contributed by atoms with Gasteiger partial charge in [0.2, 0.25) is 0 Å². The predicted molar refractivity (Wildman–Crippen MR) is 63.5 cm³/mol. The third-order valence-electron chi connectivity index (χ3n) is 2.74. The minimum Gasteiger partial charge on any atom is -0.496 e. The second-order valence-corrected chi connectivity index (χ2v) is 3.84. The smallest absolute Gasteiger partial charge is 0.196 e. The molecule has 0 aliphatic carbocycles. The fourth-order valence-corrected chi connectivity index (χ4v) is 2.02. The summed E-state index contributed by atoms with van der Waals surface area (Å²) in [5, 5.41) is 1.23. The van der Waals surface area contributed by atoms with E-state index in [0.717, 1.165) is 5.39 Å². The Labute approximate surface area is 96.4 Å². The van der Waals surface area contributed by atoms with E-state index in [0.29, 0.717) is 28.1 Å². The van der Waals surface area contributed by atoms with Crippen LogP contribution in [0.5, 0.6) is 5.75 Å². The number of hydrogen-bond acceptors (Lipinski definition) is 4. The number of fused-ring (bicyclic) bond motifs is 3. The summed E-state index contributed by atoms with van der Waals surface area (Å²) in [6.07, 6.45) is 1.53. The Morgan fingerprint density at radius 3 is 2.88 bits per heavy atom. The van der Waals surface area contributed by atoms with E-state index in [-0.39, 0.29) is 5.43 Å². The van der Waals surface area contributed by atoms with Crippen LogP contribution >= 0.6 is 0 Å². The standard InChI is InChI=1S/C13H10O4/c1-7-5-9(14)12-11(17-7)6-10(15-2)8-3-4-16-13(8)12/h3-6H,1-2H3. The van der Waals surface area contributed by atoms with Crippen molar-refractivity contribution in [2.24, 2.45) is 0 Å². The fraction of sp³-hybridized carbons (Fsp3) is 0.154. The van der Waals surface area contributed by atoms with E-state index in [4.69, 9.17) is 13.6 Å². The van der Waals surface area contributed by atoms with Gasteiger partial charge in [-0.3, -0.25) is 4.79 Å². The lowest BCUT2D eigenvalue weighted by molar-refractivity contribution is 0.419. The van der Waals surface area contributed by atoms with Gasteiger partial charge in [0.25, 0.3) is 0 Å². The van der Waals surface area contributed by atoms with Crippen molar-refractivity contribution in [1.29, 1.82) is 0 Å². The summed E-state index contributed by atoms with van der Waals surface area (Å²) >= 11 is 0. The Kier molecular flexibility index (Phi) is 1.98. The van der Waals surface area contributed by atoms with Crippen LogP contribution in [0.3, 0.4) is 0 Å². The molecule has 3 aromatic rings. The van der Waals surface area contributed by atoms with E-state index in [9.17, 15) is 4.79 Å². The molecule has 17 heavy (non-hydrogen) atoms. The lowest BCUT2D eigenvalue weighted by Gasteiger charge is -2.04. The Morgan fingerprint density at radius 2 is 2.12 bits per heavy atom. The minimum atomic E-state index is -0.105. The van der Waals surface area contributed by atoms with Gasteiger partial charge in [0, 0.05) is 12.1 Å². The van der Waals surface area contributed by atoms with Gasteiger partial charge in [-0.1, -0.05) is 0 Å². The van der Waals surface area contributed by atoms with Crippen molar-refractivity contribution in [3.05, 3.63) is 40.4 Å². The molecule has 0 bridgehead atoms. The van der Waals surface area contributed by atoms with Gasteiger partial charge in [0.15, 0.2) is 11.0 Å². The molecule has 0 radical (unpaired) electrons. The molecule has 4 heteroatoms. The van der Waals surface area contributed by atoms with Crippen LogP contribution in [0.1, 0.15) is 5.76 Å². The number of hydrogen-bond donors (Lipinski definition) is 0. The summed E-state index contributed by atoms with van der Waals surface area (Å²) in [6, 6.07) is 4.94. The van der Waals surface area contributed by atoms with Crippen molar-refractivity contribution in [3.63, 3.8) is 0 Å². The van der Waals surface area contributed by atoms with Crippen molar-refractivity contribution in [1.82, 2.24) is 0 Å². The number of rotatable bonds is 1. The molecular weight excluding hydrogens is 220 g/mol. The van der Waals surface area contributed by atoms with Crippen LogP contribution in [0.4, 0.5) is 0 Å². The maximum atomic E-state index is 12.0. The Morgan fingerprint density at radius 1 is 1.29 bits per heavy atom. The molecule has 0 saturated carbocycles. The van der Waals surface area contributed by atoms with Crippen molar-refractivity contribution in [2.75, 3.05) is 7.11 Å². The molecule has 1 aromatic carbocycles. The van der Waals surface area contributed by atoms with Crippen LogP contribution in [0.15, 0.2) is 38.1 Å². The Balaban J connectivity index is 2.63. The molecule has 2 heterocycles. The summed E-state index contributed by atoms with van der Waals surface area (Å²) in [7, 11) is 1.57. The van der Waals surface area contributed by atoms with E-state index in [1.165, 1.54) is 12.3 Å². The average molecular weight is 230 g/mol. The second kappa shape index (κ2) is 3.38. The summed E-state index contributed by atoms with van der Waals surface area (Å²) in [5.41, 5.74) is 0.883. The molecule has 0 spiro atoms. The first-order valence-corrected chi connectivity index (χ1v) is 5.19. The Bertz CT molecular complexity index is 764. The molecule has 0 aliphatic rings. The highest BCUT2D eigenvalue weighted by Gasteiger charge is 2.14. The van der Waals surface area contributed by atoms with Gasteiger partial charge in [0.1, 0.15) is 22.5 Å². The quantitative estimate of drug-likeness (QED) is 0.645. The lowest BCUT2D eigenvalue weighted by atomic mass is 10.1. The first kappa shape index (κ1) is 9.96. The summed E-state index contributed by atoms with van der Waals surface area (Å²) in [6.45, 7) is 1.74.